The van der Waals surface area contributed by atoms with E-state index in [0.29, 0.717) is 23.0 Å². The Morgan fingerprint density at radius 3 is 2.74 bits per heavy atom. The monoisotopic (exact) mass is 397 g/mol. The molecule has 1 aromatic carbocycles. The summed E-state index contributed by atoms with van der Waals surface area (Å²) in [5, 5.41) is 19.3. The molecule has 120 valence electrons. The number of nitrogens with zero attached hydrogens (tertiary/aromatic N) is 1. The number of thiophene rings is 1. The summed E-state index contributed by atoms with van der Waals surface area (Å²) in [6.07, 6.45) is -0.172. The fraction of sp³-hybridized carbons (Fsp3) is 0.188. The Bertz CT molecular complexity index is 916. The van der Waals surface area contributed by atoms with Crippen molar-refractivity contribution in [3.8, 4) is 5.75 Å². The van der Waals surface area contributed by atoms with Crippen LogP contribution in [0.4, 0.5) is 4.39 Å². The fourth-order valence-electron chi connectivity index (χ4n) is 2.73. The molecule has 0 aliphatic heterocycles. The van der Waals surface area contributed by atoms with Crippen LogP contribution in [0, 0.1) is 12.7 Å². The van der Waals surface area contributed by atoms with Gasteiger partial charge >= 0.3 is 5.97 Å². The van der Waals surface area contributed by atoms with E-state index in [2.05, 4.69) is 15.9 Å². The number of fused-ring (bicyclic) bond motifs is 1. The predicted molar refractivity (Wildman–Crippen MR) is 90.8 cm³/mol. The third-order valence-electron chi connectivity index (χ3n) is 3.79. The van der Waals surface area contributed by atoms with Crippen LogP contribution in [-0.4, -0.2) is 20.7 Å². The van der Waals surface area contributed by atoms with E-state index in [1.54, 1.807) is 11.3 Å². The fourth-order valence-corrected chi connectivity index (χ4v) is 4.20. The maximum Gasteiger partial charge on any atom is 0.307 e. The van der Waals surface area contributed by atoms with Crippen LogP contribution in [0.2, 0.25) is 0 Å². The minimum Gasteiger partial charge on any atom is -0.505 e. The first-order valence-electron chi connectivity index (χ1n) is 6.83. The highest BCUT2D eigenvalue weighted by atomic mass is 79.9. The number of aromatic nitrogens is 1. The summed E-state index contributed by atoms with van der Waals surface area (Å²) in [6, 6.07) is 6.46. The molecule has 23 heavy (non-hydrogen) atoms. The molecule has 2 heterocycles. The zero-order valence-corrected chi connectivity index (χ0v) is 14.5. The zero-order valence-electron chi connectivity index (χ0n) is 12.1. The summed E-state index contributed by atoms with van der Waals surface area (Å²) < 4.78 is 16.7. The summed E-state index contributed by atoms with van der Waals surface area (Å²) in [5.74, 6) is -2.15. The number of halogens is 2. The minimum absolute atomic E-state index is 0.172. The molecular formula is C16H13BrFNO3S. The smallest absolute Gasteiger partial charge is 0.307 e. The SMILES string of the molecule is Cc1c(CC(=O)O)c2cc(O)c(F)cc2n1Cc1ccc(Br)s1. The lowest BCUT2D eigenvalue weighted by molar-refractivity contribution is -0.136. The van der Waals surface area contributed by atoms with Crippen molar-refractivity contribution in [1.82, 2.24) is 4.57 Å². The molecule has 0 saturated heterocycles. The van der Waals surface area contributed by atoms with Gasteiger partial charge in [0.25, 0.3) is 0 Å². The van der Waals surface area contributed by atoms with Crippen molar-refractivity contribution in [3.63, 3.8) is 0 Å². The molecule has 0 spiro atoms. The molecule has 0 unspecified atom stereocenters. The van der Waals surface area contributed by atoms with Crippen molar-refractivity contribution >= 4 is 44.1 Å². The molecule has 7 heteroatoms. The van der Waals surface area contributed by atoms with E-state index >= 15 is 0 Å². The molecule has 0 aliphatic rings. The quantitative estimate of drug-likeness (QED) is 0.689. The van der Waals surface area contributed by atoms with Crippen molar-refractivity contribution in [3.05, 3.63) is 50.0 Å². The van der Waals surface area contributed by atoms with Crippen LogP contribution in [0.3, 0.4) is 0 Å². The molecule has 0 bridgehead atoms. The molecular weight excluding hydrogens is 385 g/mol. The van der Waals surface area contributed by atoms with Gasteiger partial charge in [-0.05, 0) is 46.6 Å². The summed E-state index contributed by atoms with van der Waals surface area (Å²) in [6.45, 7) is 2.33. The zero-order chi connectivity index (χ0) is 16.7. The molecule has 2 aromatic heterocycles. The standard InChI is InChI=1S/C16H13BrFNO3S/c1-8-10(5-16(21)22)11-4-14(20)12(18)6-13(11)19(8)7-9-2-3-15(17)23-9/h2-4,6,20H,5,7H2,1H3,(H,21,22). The summed E-state index contributed by atoms with van der Waals surface area (Å²) in [7, 11) is 0. The van der Waals surface area contributed by atoms with Gasteiger partial charge in [0.2, 0.25) is 0 Å². The Kier molecular flexibility index (Phi) is 4.16. The Morgan fingerprint density at radius 2 is 2.13 bits per heavy atom. The van der Waals surface area contributed by atoms with Crippen LogP contribution in [0.15, 0.2) is 28.1 Å². The highest BCUT2D eigenvalue weighted by molar-refractivity contribution is 9.11. The molecule has 3 rings (SSSR count). The number of phenolic OH excluding ortho intramolecular Hbond substituents is 1. The van der Waals surface area contributed by atoms with Crippen LogP contribution >= 0.6 is 27.3 Å². The summed E-state index contributed by atoms with van der Waals surface area (Å²) >= 11 is 4.98. The van der Waals surface area contributed by atoms with Gasteiger partial charge in [0, 0.05) is 22.0 Å². The van der Waals surface area contributed by atoms with Gasteiger partial charge in [0.15, 0.2) is 11.6 Å². The molecule has 2 N–H and O–H groups in total. The Hall–Kier alpha value is -1.86. The van der Waals surface area contributed by atoms with E-state index in [9.17, 15) is 14.3 Å². The van der Waals surface area contributed by atoms with E-state index in [-0.39, 0.29) is 6.42 Å². The second kappa shape index (κ2) is 5.98. The van der Waals surface area contributed by atoms with Crippen molar-refractivity contribution in [2.24, 2.45) is 0 Å². The normalized spacial score (nSPS) is 11.3. The molecule has 0 atom stereocenters. The van der Waals surface area contributed by atoms with Gasteiger partial charge in [0.05, 0.1) is 22.3 Å². The van der Waals surface area contributed by atoms with Gasteiger partial charge in [-0.3, -0.25) is 4.79 Å². The van der Waals surface area contributed by atoms with Crippen LogP contribution in [0.1, 0.15) is 16.1 Å². The number of hydrogen-bond acceptors (Lipinski definition) is 3. The first-order chi connectivity index (χ1) is 10.9. The molecule has 0 aliphatic carbocycles. The summed E-state index contributed by atoms with van der Waals surface area (Å²) in [5.41, 5.74) is 1.94. The average molecular weight is 398 g/mol. The summed E-state index contributed by atoms with van der Waals surface area (Å²) in [4.78, 5) is 12.2. The third kappa shape index (κ3) is 2.98. The minimum atomic E-state index is -0.963. The van der Waals surface area contributed by atoms with E-state index in [1.807, 2.05) is 23.6 Å². The van der Waals surface area contributed by atoms with Gasteiger partial charge in [0.1, 0.15) is 0 Å². The van der Waals surface area contributed by atoms with Crippen LogP contribution < -0.4 is 0 Å². The number of rotatable bonds is 4. The highest BCUT2D eigenvalue weighted by Crippen LogP contribution is 2.33. The second-order valence-corrected chi connectivity index (χ2v) is 7.79. The lowest BCUT2D eigenvalue weighted by Gasteiger charge is -2.07. The van der Waals surface area contributed by atoms with Gasteiger partial charge < -0.3 is 14.8 Å². The van der Waals surface area contributed by atoms with Crippen LogP contribution in [0.25, 0.3) is 10.9 Å². The topological polar surface area (TPSA) is 62.5 Å². The lowest BCUT2D eigenvalue weighted by Crippen LogP contribution is -2.04. The Balaban J connectivity index is 2.21. The van der Waals surface area contributed by atoms with E-state index in [0.717, 1.165) is 14.4 Å². The van der Waals surface area contributed by atoms with Crippen molar-refractivity contribution in [2.45, 2.75) is 19.9 Å². The van der Waals surface area contributed by atoms with Crippen molar-refractivity contribution in [1.29, 1.82) is 0 Å². The number of aliphatic carboxylic acids is 1. The molecule has 0 fully saturated rings. The third-order valence-corrected chi connectivity index (χ3v) is 5.40. The number of carbonyl (C=O) groups is 1. The number of phenols is 1. The van der Waals surface area contributed by atoms with Crippen molar-refractivity contribution < 1.29 is 19.4 Å². The Morgan fingerprint density at radius 1 is 1.39 bits per heavy atom. The first kappa shape index (κ1) is 16.0. The maximum absolute atomic E-state index is 13.8. The number of benzene rings is 1. The number of carboxylic acids is 1. The number of carboxylic acid groups (broad SMARTS) is 1. The number of hydrogen-bond donors (Lipinski definition) is 2. The second-order valence-electron chi connectivity index (χ2n) is 5.25. The maximum atomic E-state index is 13.8. The largest absolute Gasteiger partial charge is 0.505 e. The van der Waals surface area contributed by atoms with E-state index in [4.69, 9.17) is 5.11 Å². The lowest BCUT2D eigenvalue weighted by atomic mass is 10.1. The van der Waals surface area contributed by atoms with Gasteiger partial charge in [-0.2, -0.15) is 0 Å². The Labute approximate surface area is 143 Å². The first-order valence-corrected chi connectivity index (χ1v) is 8.44. The highest BCUT2D eigenvalue weighted by Gasteiger charge is 2.19. The predicted octanol–water partition coefficient (Wildman–Crippen LogP) is 4.29. The van der Waals surface area contributed by atoms with Gasteiger partial charge in [-0.15, -0.1) is 11.3 Å². The van der Waals surface area contributed by atoms with Gasteiger partial charge in [-0.1, -0.05) is 0 Å². The average Bonchev–Trinajstić information content (AvgIpc) is 2.98. The number of aromatic hydroxyl groups is 1. The molecule has 4 nitrogen and oxygen atoms in total. The van der Waals surface area contributed by atoms with Gasteiger partial charge in [-0.25, -0.2) is 4.39 Å². The molecule has 0 radical (unpaired) electrons. The van der Waals surface area contributed by atoms with Crippen LogP contribution in [0.5, 0.6) is 5.75 Å². The molecule has 3 aromatic rings. The van der Waals surface area contributed by atoms with E-state index in [1.165, 1.54) is 12.1 Å². The van der Waals surface area contributed by atoms with E-state index < -0.39 is 17.5 Å². The van der Waals surface area contributed by atoms with Crippen LogP contribution in [-0.2, 0) is 17.8 Å². The molecule has 0 amide bonds. The molecule has 0 saturated carbocycles. The van der Waals surface area contributed by atoms with Crippen molar-refractivity contribution in [2.75, 3.05) is 0 Å².